The summed E-state index contributed by atoms with van der Waals surface area (Å²) in [5.74, 6) is 1.59. The molecule has 68 valence electrons. The van der Waals surface area contributed by atoms with Crippen LogP contribution in [0.3, 0.4) is 0 Å². The van der Waals surface area contributed by atoms with E-state index < -0.39 is 0 Å². The van der Waals surface area contributed by atoms with Crippen LogP contribution in [0.1, 0.15) is 47.5 Å². The lowest BCUT2D eigenvalue weighted by Crippen LogP contribution is -2.32. The van der Waals surface area contributed by atoms with Crippen LogP contribution in [0.5, 0.6) is 0 Å². The molecule has 2 N–H and O–H groups in total. The third-order valence-corrected chi connectivity index (χ3v) is 2.38. The summed E-state index contributed by atoms with van der Waals surface area (Å²) in [6.07, 6.45) is 2.38. The summed E-state index contributed by atoms with van der Waals surface area (Å²) in [7, 11) is 0. The van der Waals surface area contributed by atoms with Crippen molar-refractivity contribution in [2.45, 2.75) is 53.0 Å². The van der Waals surface area contributed by atoms with E-state index in [1.165, 1.54) is 6.42 Å². The Morgan fingerprint density at radius 1 is 1.18 bits per heavy atom. The van der Waals surface area contributed by atoms with Crippen LogP contribution in [0.4, 0.5) is 0 Å². The maximum Gasteiger partial charge on any atom is 0.00971 e. The molecule has 0 aromatic heterocycles. The Balaban J connectivity index is 3.54. The number of hydrogen-bond donors (Lipinski definition) is 1. The van der Waals surface area contributed by atoms with Crippen LogP contribution in [0.2, 0.25) is 0 Å². The first-order chi connectivity index (χ1) is 4.83. The van der Waals surface area contributed by atoms with E-state index in [0.717, 1.165) is 18.3 Å². The Bertz CT molecular complexity index is 99.9. The van der Waals surface area contributed by atoms with Gasteiger partial charge in [0.25, 0.3) is 0 Å². The molecule has 0 fully saturated rings. The lowest BCUT2D eigenvalue weighted by atomic mass is 9.88. The normalized spacial score (nSPS) is 15.5. The first-order valence-corrected chi connectivity index (χ1v) is 4.62. The van der Waals surface area contributed by atoms with E-state index in [-0.39, 0.29) is 5.54 Å². The van der Waals surface area contributed by atoms with Gasteiger partial charge in [0, 0.05) is 5.54 Å². The molecule has 0 aromatic carbocycles. The highest BCUT2D eigenvalue weighted by atomic mass is 14.7. The summed E-state index contributed by atoms with van der Waals surface area (Å²) in [6, 6.07) is 0. The molecule has 1 unspecified atom stereocenters. The molecule has 11 heavy (non-hydrogen) atoms. The van der Waals surface area contributed by atoms with Gasteiger partial charge in [-0.15, -0.1) is 0 Å². The van der Waals surface area contributed by atoms with Gasteiger partial charge in [0.05, 0.1) is 0 Å². The van der Waals surface area contributed by atoms with E-state index in [9.17, 15) is 0 Å². The molecule has 0 aliphatic carbocycles. The molecule has 0 aliphatic heterocycles. The monoisotopic (exact) mass is 157 g/mol. The van der Waals surface area contributed by atoms with Gasteiger partial charge in [-0.1, -0.05) is 20.8 Å². The molecule has 0 aliphatic rings. The van der Waals surface area contributed by atoms with E-state index in [0.29, 0.717) is 0 Å². The van der Waals surface area contributed by atoms with Crippen molar-refractivity contribution in [2.75, 3.05) is 0 Å². The van der Waals surface area contributed by atoms with E-state index in [4.69, 9.17) is 5.73 Å². The lowest BCUT2D eigenvalue weighted by Gasteiger charge is -2.22. The zero-order valence-corrected chi connectivity index (χ0v) is 8.65. The van der Waals surface area contributed by atoms with Gasteiger partial charge < -0.3 is 5.73 Å². The van der Waals surface area contributed by atoms with E-state index in [1.54, 1.807) is 0 Å². The second kappa shape index (κ2) is 4.10. The minimum absolute atomic E-state index is 0.0170. The summed E-state index contributed by atoms with van der Waals surface area (Å²) in [5.41, 5.74) is 5.90. The predicted molar refractivity (Wildman–Crippen MR) is 51.5 cm³/mol. The van der Waals surface area contributed by atoms with Gasteiger partial charge in [0.2, 0.25) is 0 Å². The van der Waals surface area contributed by atoms with Crippen molar-refractivity contribution < 1.29 is 0 Å². The van der Waals surface area contributed by atoms with Crippen LogP contribution in [0, 0.1) is 11.8 Å². The lowest BCUT2D eigenvalue weighted by molar-refractivity contribution is 0.337. The minimum Gasteiger partial charge on any atom is -0.326 e. The van der Waals surface area contributed by atoms with E-state index in [1.807, 2.05) is 0 Å². The second-order valence-electron chi connectivity index (χ2n) is 4.75. The molecule has 0 heterocycles. The number of nitrogens with two attached hydrogens (primary N) is 1. The highest BCUT2D eigenvalue weighted by molar-refractivity contribution is 4.73. The predicted octanol–water partition coefficient (Wildman–Crippen LogP) is 2.80. The maximum absolute atomic E-state index is 5.88. The Labute approximate surface area is 71.4 Å². The topological polar surface area (TPSA) is 26.0 Å². The van der Waals surface area contributed by atoms with Crippen molar-refractivity contribution in [2.24, 2.45) is 17.6 Å². The van der Waals surface area contributed by atoms with Gasteiger partial charge in [-0.25, -0.2) is 0 Å². The molecule has 0 saturated carbocycles. The van der Waals surface area contributed by atoms with Crippen molar-refractivity contribution >= 4 is 0 Å². The molecule has 1 nitrogen and oxygen atoms in total. The van der Waals surface area contributed by atoms with Crippen LogP contribution in [-0.2, 0) is 0 Å². The van der Waals surface area contributed by atoms with Gasteiger partial charge in [-0.2, -0.15) is 0 Å². The fourth-order valence-corrected chi connectivity index (χ4v) is 0.933. The summed E-state index contributed by atoms with van der Waals surface area (Å²) in [5, 5.41) is 0. The van der Waals surface area contributed by atoms with Gasteiger partial charge in [0.15, 0.2) is 0 Å². The van der Waals surface area contributed by atoms with Crippen molar-refractivity contribution in [3.05, 3.63) is 0 Å². The molecule has 0 amide bonds. The smallest absolute Gasteiger partial charge is 0.00971 e. The van der Waals surface area contributed by atoms with Gasteiger partial charge in [-0.05, 0) is 38.5 Å². The molecular formula is C10H23N. The average molecular weight is 157 g/mol. The quantitative estimate of drug-likeness (QED) is 0.667. The van der Waals surface area contributed by atoms with E-state index in [2.05, 4.69) is 34.6 Å². The molecular weight excluding hydrogens is 134 g/mol. The van der Waals surface area contributed by atoms with Crippen molar-refractivity contribution in [1.29, 1.82) is 0 Å². The molecule has 1 heteroatoms. The first kappa shape index (κ1) is 11.0. The van der Waals surface area contributed by atoms with Crippen LogP contribution in [0.15, 0.2) is 0 Å². The third-order valence-electron chi connectivity index (χ3n) is 2.38. The largest absolute Gasteiger partial charge is 0.326 e. The third kappa shape index (κ3) is 6.36. The molecule has 0 aromatic rings. The summed E-state index contributed by atoms with van der Waals surface area (Å²) >= 11 is 0. The van der Waals surface area contributed by atoms with Crippen LogP contribution >= 0.6 is 0 Å². The molecule has 0 rings (SSSR count). The SMILES string of the molecule is CC(C)C(C)CCC(C)(C)N. The van der Waals surface area contributed by atoms with Crippen LogP contribution in [-0.4, -0.2) is 5.54 Å². The highest BCUT2D eigenvalue weighted by Gasteiger charge is 2.14. The zero-order valence-electron chi connectivity index (χ0n) is 8.65. The van der Waals surface area contributed by atoms with Crippen molar-refractivity contribution in [1.82, 2.24) is 0 Å². The van der Waals surface area contributed by atoms with Gasteiger partial charge in [0.1, 0.15) is 0 Å². The number of rotatable bonds is 4. The summed E-state index contributed by atoms with van der Waals surface area (Å²) in [4.78, 5) is 0. The van der Waals surface area contributed by atoms with Crippen molar-refractivity contribution in [3.8, 4) is 0 Å². The molecule has 0 saturated heterocycles. The number of hydrogen-bond acceptors (Lipinski definition) is 1. The van der Waals surface area contributed by atoms with E-state index >= 15 is 0 Å². The Hall–Kier alpha value is -0.0400. The van der Waals surface area contributed by atoms with Crippen LogP contribution in [0.25, 0.3) is 0 Å². The average Bonchev–Trinajstić information content (AvgIpc) is 1.80. The molecule has 0 radical (unpaired) electrons. The molecule has 0 bridgehead atoms. The standard InChI is InChI=1S/C10H23N/c1-8(2)9(3)6-7-10(4,5)11/h8-9H,6-7,11H2,1-5H3. The fraction of sp³-hybridized carbons (Fsp3) is 1.00. The Morgan fingerprint density at radius 3 is 1.91 bits per heavy atom. The summed E-state index contributed by atoms with van der Waals surface area (Å²) < 4.78 is 0. The first-order valence-electron chi connectivity index (χ1n) is 4.62. The summed E-state index contributed by atoms with van der Waals surface area (Å²) in [6.45, 7) is 11.0. The molecule has 1 atom stereocenters. The van der Waals surface area contributed by atoms with Gasteiger partial charge >= 0.3 is 0 Å². The fourth-order valence-electron chi connectivity index (χ4n) is 0.933. The van der Waals surface area contributed by atoms with Crippen molar-refractivity contribution in [3.63, 3.8) is 0 Å². The Kier molecular flexibility index (Phi) is 4.09. The highest BCUT2D eigenvalue weighted by Crippen LogP contribution is 2.19. The minimum atomic E-state index is 0.0170. The molecule has 0 spiro atoms. The Morgan fingerprint density at radius 2 is 1.64 bits per heavy atom. The second-order valence-corrected chi connectivity index (χ2v) is 4.75. The zero-order chi connectivity index (χ0) is 9.07. The van der Waals surface area contributed by atoms with Crippen LogP contribution < -0.4 is 5.73 Å². The maximum atomic E-state index is 5.88. The van der Waals surface area contributed by atoms with Gasteiger partial charge in [-0.3, -0.25) is 0 Å².